The highest BCUT2D eigenvalue weighted by Gasteiger charge is 2.42. The monoisotopic (exact) mass is 699 g/mol. The van der Waals surface area contributed by atoms with Crippen molar-refractivity contribution >= 4 is 39.0 Å². The fraction of sp³-hybridized carbons (Fsp3) is 0.192. The predicted octanol–water partition coefficient (Wildman–Crippen LogP) is 14.6. The summed E-state index contributed by atoms with van der Waals surface area (Å²) in [6.45, 7) is 16.4. The predicted molar refractivity (Wildman–Crippen MR) is 228 cm³/mol. The molecule has 0 aliphatic heterocycles. The van der Waals surface area contributed by atoms with Gasteiger partial charge < -0.3 is 9.32 Å². The molecule has 0 atom stereocenters. The molecule has 264 valence electrons. The molecular weight excluding hydrogens is 655 g/mol. The minimum Gasteiger partial charge on any atom is -0.456 e. The average Bonchev–Trinajstić information content (AvgIpc) is 3.73. The highest BCUT2D eigenvalue weighted by molar-refractivity contribution is 6.06. The van der Waals surface area contributed by atoms with E-state index in [1.54, 1.807) is 0 Å². The maximum atomic E-state index is 6.25. The van der Waals surface area contributed by atoms with Gasteiger partial charge in [-0.1, -0.05) is 139 Å². The molecule has 0 amide bonds. The molecule has 1 aromatic heterocycles. The van der Waals surface area contributed by atoms with Crippen LogP contribution in [-0.2, 0) is 16.2 Å². The number of fused-ring (bicyclic) bond motifs is 9. The molecule has 0 saturated carbocycles. The first-order chi connectivity index (χ1) is 25.9. The SMILES string of the molecule is CC(C)(C)c1ccc(N(c2cccc(-c3cccc4c3C(C)(C)c3cc5c(cc3-4)-c3ccccc3C5(C)C)c2)c2ccc3oc4ccccc4c3c2)cc1. The zero-order valence-electron chi connectivity index (χ0n) is 32.2. The van der Waals surface area contributed by atoms with E-state index in [9.17, 15) is 0 Å². The number of anilines is 3. The molecule has 0 bridgehead atoms. The first-order valence-corrected chi connectivity index (χ1v) is 19.3. The number of furan rings is 1. The summed E-state index contributed by atoms with van der Waals surface area (Å²) in [7, 11) is 0. The van der Waals surface area contributed by atoms with Crippen LogP contribution >= 0.6 is 0 Å². The Hall–Kier alpha value is -5.86. The number of hydrogen-bond acceptors (Lipinski definition) is 2. The van der Waals surface area contributed by atoms with E-state index >= 15 is 0 Å². The highest BCUT2D eigenvalue weighted by atomic mass is 16.3. The molecule has 7 aromatic carbocycles. The van der Waals surface area contributed by atoms with E-state index < -0.39 is 0 Å². The lowest BCUT2D eigenvalue weighted by Crippen LogP contribution is -2.19. The molecule has 0 N–H and O–H groups in total. The Bertz CT molecular complexity index is 2800. The Balaban J connectivity index is 1.13. The number of rotatable bonds is 4. The third-order valence-electron chi connectivity index (χ3n) is 12.4. The summed E-state index contributed by atoms with van der Waals surface area (Å²) in [5.41, 5.74) is 19.9. The van der Waals surface area contributed by atoms with Crippen LogP contribution in [-0.4, -0.2) is 0 Å². The normalized spacial score (nSPS) is 14.9. The third kappa shape index (κ3) is 4.72. The Labute approximate surface area is 318 Å². The van der Waals surface area contributed by atoms with Crippen molar-refractivity contribution in [3.05, 3.63) is 173 Å². The zero-order chi connectivity index (χ0) is 37.1. The molecule has 8 aromatic rings. The van der Waals surface area contributed by atoms with Gasteiger partial charge in [-0.3, -0.25) is 0 Å². The van der Waals surface area contributed by atoms with Crippen LogP contribution in [0, 0.1) is 0 Å². The molecule has 2 aliphatic carbocycles. The lowest BCUT2D eigenvalue weighted by molar-refractivity contribution is 0.590. The summed E-state index contributed by atoms with van der Waals surface area (Å²) in [6.07, 6.45) is 0. The molecule has 54 heavy (non-hydrogen) atoms. The number of nitrogens with zero attached hydrogens (tertiary/aromatic N) is 1. The maximum absolute atomic E-state index is 6.25. The van der Waals surface area contributed by atoms with Crippen molar-refractivity contribution in [1.82, 2.24) is 0 Å². The Morgan fingerprint density at radius 2 is 1.07 bits per heavy atom. The van der Waals surface area contributed by atoms with Crippen LogP contribution < -0.4 is 4.90 Å². The van der Waals surface area contributed by atoms with Gasteiger partial charge in [0, 0.05) is 38.7 Å². The van der Waals surface area contributed by atoms with Gasteiger partial charge in [0.25, 0.3) is 0 Å². The van der Waals surface area contributed by atoms with Crippen molar-refractivity contribution < 1.29 is 4.42 Å². The molecule has 0 unspecified atom stereocenters. The van der Waals surface area contributed by atoms with Crippen LogP contribution in [0.4, 0.5) is 17.1 Å². The zero-order valence-corrected chi connectivity index (χ0v) is 32.2. The Kier molecular flexibility index (Phi) is 6.87. The summed E-state index contributed by atoms with van der Waals surface area (Å²) in [5, 5.41) is 2.25. The van der Waals surface area contributed by atoms with Gasteiger partial charge in [-0.25, -0.2) is 0 Å². The minimum atomic E-state index is -0.174. The number of benzene rings is 7. The van der Waals surface area contributed by atoms with E-state index in [-0.39, 0.29) is 16.2 Å². The van der Waals surface area contributed by atoms with Crippen LogP contribution in [0.5, 0.6) is 0 Å². The fourth-order valence-corrected chi connectivity index (χ4v) is 9.54. The van der Waals surface area contributed by atoms with Gasteiger partial charge in [0.2, 0.25) is 0 Å². The summed E-state index contributed by atoms with van der Waals surface area (Å²) >= 11 is 0. The second-order valence-electron chi connectivity index (χ2n) is 17.4. The first kappa shape index (κ1) is 32.8. The topological polar surface area (TPSA) is 16.4 Å². The summed E-state index contributed by atoms with van der Waals surface area (Å²) in [5.74, 6) is 0. The number of hydrogen-bond donors (Lipinski definition) is 0. The van der Waals surface area contributed by atoms with Crippen LogP contribution in [0.15, 0.2) is 150 Å². The van der Waals surface area contributed by atoms with Gasteiger partial charge in [-0.15, -0.1) is 0 Å². The van der Waals surface area contributed by atoms with Gasteiger partial charge in [-0.2, -0.15) is 0 Å². The summed E-state index contributed by atoms with van der Waals surface area (Å²) in [6, 6.07) is 54.0. The first-order valence-electron chi connectivity index (χ1n) is 19.3. The van der Waals surface area contributed by atoms with Crippen LogP contribution in [0.1, 0.15) is 76.3 Å². The molecule has 2 heteroatoms. The molecule has 0 radical (unpaired) electrons. The van der Waals surface area contributed by atoms with Gasteiger partial charge in [-0.05, 0) is 121 Å². The second kappa shape index (κ2) is 11.3. The smallest absolute Gasteiger partial charge is 0.135 e. The average molecular weight is 700 g/mol. The van der Waals surface area contributed by atoms with Crippen LogP contribution in [0.3, 0.4) is 0 Å². The summed E-state index contributed by atoms with van der Waals surface area (Å²) in [4.78, 5) is 2.39. The van der Waals surface area contributed by atoms with E-state index in [4.69, 9.17) is 4.42 Å². The van der Waals surface area contributed by atoms with Crippen molar-refractivity contribution in [2.75, 3.05) is 4.90 Å². The molecule has 1 heterocycles. The maximum Gasteiger partial charge on any atom is 0.135 e. The van der Waals surface area contributed by atoms with Crippen molar-refractivity contribution in [2.24, 2.45) is 0 Å². The second-order valence-corrected chi connectivity index (χ2v) is 17.4. The lowest BCUT2D eigenvalue weighted by Gasteiger charge is -2.28. The van der Waals surface area contributed by atoms with Gasteiger partial charge in [0.05, 0.1) is 0 Å². The Morgan fingerprint density at radius 3 is 1.89 bits per heavy atom. The van der Waals surface area contributed by atoms with Crippen LogP contribution in [0.25, 0.3) is 55.3 Å². The fourth-order valence-electron chi connectivity index (χ4n) is 9.54. The molecule has 0 saturated heterocycles. The quantitative estimate of drug-likeness (QED) is 0.182. The van der Waals surface area contributed by atoms with Crippen LogP contribution in [0.2, 0.25) is 0 Å². The van der Waals surface area contributed by atoms with E-state index in [2.05, 4.69) is 187 Å². The largest absolute Gasteiger partial charge is 0.456 e. The summed E-state index contributed by atoms with van der Waals surface area (Å²) < 4.78 is 6.25. The van der Waals surface area contributed by atoms with Crippen molar-refractivity contribution in [1.29, 1.82) is 0 Å². The molecule has 0 fully saturated rings. The molecule has 0 spiro atoms. The van der Waals surface area contributed by atoms with E-state index in [1.807, 2.05) is 12.1 Å². The lowest BCUT2D eigenvalue weighted by atomic mass is 9.76. The molecule has 2 aliphatic rings. The van der Waals surface area contributed by atoms with Gasteiger partial charge in [0.15, 0.2) is 0 Å². The van der Waals surface area contributed by atoms with Crippen molar-refractivity contribution in [3.8, 4) is 33.4 Å². The van der Waals surface area contributed by atoms with Crippen molar-refractivity contribution in [3.63, 3.8) is 0 Å². The number of para-hydroxylation sites is 1. The standard InChI is InChI=1S/C52H45NO/c1-50(2,3)33-22-24-34(25-23-33)53(36-26-27-48-43(29-36)39-17-9-11-21-47(39)54-48)35-15-12-14-32(28-35)37-18-13-19-40-42-30-41-38-16-8-10-20-44(38)51(4,5)45(41)31-46(42)52(6,7)49(37)40/h8-31H,1-7H3. The molecule has 10 rings (SSSR count). The van der Waals surface area contributed by atoms with Crippen molar-refractivity contribution in [2.45, 2.75) is 64.7 Å². The minimum absolute atomic E-state index is 0.0384. The van der Waals surface area contributed by atoms with Gasteiger partial charge >= 0.3 is 0 Å². The van der Waals surface area contributed by atoms with E-state index in [1.165, 1.54) is 61.2 Å². The third-order valence-corrected chi connectivity index (χ3v) is 12.4. The Morgan fingerprint density at radius 1 is 0.444 bits per heavy atom. The molecule has 2 nitrogen and oxygen atoms in total. The van der Waals surface area contributed by atoms with Gasteiger partial charge in [0.1, 0.15) is 11.2 Å². The van der Waals surface area contributed by atoms with E-state index in [0.29, 0.717) is 0 Å². The highest BCUT2D eigenvalue weighted by Crippen LogP contribution is 2.57. The molecular formula is C52H45NO. The van der Waals surface area contributed by atoms with E-state index in [0.717, 1.165) is 39.0 Å².